The molecule has 3 N–H and O–H groups in total. The number of likely N-dealkylation sites (tertiary alicyclic amines) is 1. The average molecular weight is 406 g/mol. The Morgan fingerprint density at radius 1 is 1.21 bits per heavy atom. The molecular weight excluding hydrogens is 380 g/mol. The molecule has 29 heavy (non-hydrogen) atoms. The largest absolute Gasteiger partial charge is 0.480 e. The molecule has 1 aliphatic rings. The number of rotatable bonds is 8. The van der Waals surface area contributed by atoms with Gasteiger partial charge in [0.1, 0.15) is 11.6 Å². The first kappa shape index (κ1) is 22.2. The quantitative estimate of drug-likeness (QED) is 0.559. The van der Waals surface area contributed by atoms with Gasteiger partial charge in [-0.15, -0.1) is 0 Å². The summed E-state index contributed by atoms with van der Waals surface area (Å²) in [4.78, 5) is 48.7. The summed E-state index contributed by atoms with van der Waals surface area (Å²) < 4.78 is 5.06. The Morgan fingerprint density at radius 2 is 1.83 bits per heavy atom. The minimum absolute atomic E-state index is 0.117. The number of carbonyl (C=O) groups is 4. The van der Waals surface area contributed by atoms with Crippen molar-refractivity contribution in [2.45, 2.75) is 57.2 Å². The van der Waals surface area contributed by atoms with Crippen molar-refractivity contribution in [1.29, 1.82) is 0 Å². The molecule has 9 nitrogen and oxygen atoms in total. The molecule has 0 aromatic heterocycles. The molecule has 1 saturated heterocycles. The summed E-state index contributed by atoms with van der Waals surface area (Å²) in [6.07, 6.45) is -1.08. The van der Waals surface area contributed by atoms with E-state index in [1.165, 1.54) is 4.90 Å². The molecule has 0 bridgehead atoms. The minimum Gasteiger partial charge on any atom is -0.480 e. The summed E-state index contributed by atoms with van der Waals surface area (Å²) in [5, 5.41) is 21.4. The summed E-state index contributed by atoms with van der Waals surface area (Å²) in [6, 6.07) is 7.59. The molecule has 0 saturated carbocycles. The van der Waals surface area contributed by atoms with Gasteiger partial charge in [-0.1, -0.05) is 30.3 Å². The van der Waals surface area contributed by atoms with Gasteiger partial charge in [-0.3, -0.25) is 4.79 Å². The standard InChI is InChI=1S/C20H26N2O7/c1-19(2,3)29-18(28)21-14(16(24)25)9-10-22-15(23)12-20(22,17(26)27)11-13-7-5-4-6-8-13/h4-8,14H,9-12H2,1-3H3,(H,21,28)(H,24,25)(H,26,27)/t14-,20?/m0/s1. The van der Waals surface area contributed by atoms with Gasteiger partial charge in [0.05, 0.1) is 6.42 Å². The third kappa shape index (κ3) is 5.46. The van der Waals surface area contributed by atoms with Crippen LogP contribution < -0.4 is 5.32 Å². The van der Waals surface area contributed by atoms with Crippen LogP contribution in [0.5, 0.6) is 0 Å². The second-order valence-electron chi connectivity index (χ2n) is 8.05. The van der Waals surface area contributed by atoms with E-state index in [1.54, 1.807) is 51.1 Å². The van der Waals surface area contributed by atoms with Gasteiger partial charge in [0.25, 0.3) is 0 Å². The highest BCUT2D eigenvalue weighted by Gasteiger charge is 2.56. The Hall–Kier alpha value is -3.10. The maximum atomic E-state index is 12.1. The van der Waals surface area contributed by atoms with E-state index >= 15 is 0 Å². The molecule has 0 radical (unpaired) electrons. The normalized spacial score (nSPS) is 19.8. The molecule has 0 spiro atoms. The number of carboxylic acids is 2. The maximum Gasteiger partial charge on any atom is 0.408 e. The lowest BCUT2D eigenvalue weighted by Gasteiger charge is -2.49. The van der Waals surface area contributed by atoms with Gasteiger partial charge in [0, 0.05) is 13.0 Å². The number of hydrogen-bond donors (Lipinski definition) is 3. The van der Waals surface area contributed by atoms with Crippen LogP contribution in [0.4, 0.5) is 4.79 Å². The SMILES string of the molecule is CC(C)(C)OC(=O)N[C@@H](CCN1C(=O)CC1(Cc1ccccc1)C(=O)O)C(=O)O. The molecular formula is C20H26N2O7. The molecule has 1 heterocycles. The van der Waals surface area contributed by atoms with Crippen LogP contribution in [0.15, 0.2) is 30.3 Å². The fraction of sp³-hybridized carbons (Fsp3) is 0.500. The van der Waals surface area contributed by atoms with Crippen LogP contribution in [0, 0.1) is 0 Å². The summed E-state index contributed by atoms with van der Waals surface area (Å²) in [6.45, 7) is 4.81. The molecule has 9 heteroatoms. The highest BCUT2D eigenvalue weighted by molar-refractivity contribution is 5.98. The van der Waals surface area contributed by atoms with E-state index in [-0.39, 0.29) is 31.7 Å². The summed E-state index contributed by atoms with van der Waals surface area (Å²) >= 11 is 0. The third-order valence-corrected chi connectivity index (χ3v) is 4.63. The van der Waals surface area contributed by atoms with Gasteiger partial charge < -0.3 is 25.2 Å². The van der Waals surface area contributed by atoms with Gasteiger partial charge in [-0.25, -0.2) is 14.4 Å². The molecule has 1 aromatic carbocycles. The third-order valence-electron chi connectivity index (χ3n) is 4.63. The highest BCUT2D eigenvalue weighted by Crippen LogP contribution is 2.36. The Morgan fingerprint density at radius 3 is 2.31 bits per heavy atom. The van der Waals surface area contributed by atoms with Gasteiger partial charge >= 0.3 is 18.0 Å². The van der Waals surface area contributed by atoms with Crippen molar-refractivity contribution in [2.75, 3.05) is 6.54 Å². The van der Waals surface area contributed by atoms with E-state index in [0.717, 1.165) is 5.56 Å². The highest BCUT2D eigenvalue weighted by atomic mass is 16.6. The lowest BCUT2D eigenvalue weighted by atomic mass is 9.78. The van der Waals surface area contributed by atoms with Crippen molar-refractivity contribution >= 4 is 23.9 Å². The number of aliphatic carboxylic acids is 2. The fourth-order valence-corrected chi connectivity index (χ4v) is 3.25. The number of benzene rings is 1. The first-order valence-electron chi connectivity index (χ1n) is 9.25. The van der Waals surface area contributed by atoms with E-state index in [1.807, 2.05) is 0 Å². The van der Waals surface area contributed by atoms with Gasteiger partial charge in [0.2, 0.25) is 5.91 Å². The monoisotopic (exact) mass is 406 g/mol. The number of alkyl carbamates (subject to hydrolysis) is 1. The van der Waals surface area contributed by atoms with Crippen molar-refractivity contribution in [3.63, 3.8) is 0 Å². The second-order valence-corrected chi connectivity index (χ2v) is 8.05. The van der Waals surface area contributed by atoms with Crippen LogP contribution in [0.1, 0.15) is 39.2 Å². The van der Waals surface area contributed by atoms with E-state index in [9.17, 15) is 29.4 Å². The van der Waals surface area contributed by atoms with Crippen LogP contribution in [-0.2, 0) is 25.5 Å². The molecule has 1 unspecified atom stereocenters. The number of ether oxygens (including phenoxy) is 1. The van der Waals surface area contributed by atoms with Crippen molar-refractivity contribution in [1.82, 2.24) is 10.2 Å². The summed E-state index contributed by atoms with van der Waals surface area (Å²) in [5.74, 6) is -2.81. The Balaban J connectivity index is 2.08. The predicted octanol–water partition coefficient (Wildman–Crippen LogP) is 1.65. The maximum absolute atomic E-state index is 12.1. The summed E-state index contributed by atoms with van der Waals surface area (Å²) in [5.41, 5.74) is -1.46. The number of carboxylic acid groups (broad SMARTS) is 2. The molecule has 158 valence electrons. The van der Waals surface area contributed by atoms with Crippen LogP contribution in [0.25, 0.3) is 0 Å². The Kier molecular flexibility index (Phi) is 6.51. The molecule has 2 atom stereocenters. The van der Waals surface area contributed by atoms with Crippen molar-refractivity contribution < 1.29 is 34.1 Å². The molecule has 1 aromatic rings. The number of nitrogens with one attached hydrogen (secondary N) is 1. The molecule has 1 aliphatic heterocycles. The van der Waals surface area contributed by atoms with E-state index in [4.69, 9.17) is 4.74 Å². The zero-order valence-electron chi connectivity index (χ0n) is 16.7. The zero-order chi connectivity index (χ0) is 21.8. The van der Waals surface area contributed by atoms with E-state index in [2.05, 4.69) is 5.32 Å². The van der Waals surface area contributed by atoms with Crippen molar-refractivity contribution in [2.24, 2.45) is 0 Å². The topological polar surface area (TPSA) is 133 Å². The van der Waals surface area contributed by atoms with Crippen LogP contribution >= 0.6 is 0 Å². The second kappa shape index (κ2) is 8.50. The van der Waals surface area contributed by atoms with Gasteiger partial charge in [-0.2, -0.15) is 0 Å². The summed E-state index contributed by atoms with van der Waals surface area (Å²) in [7, 11) is 0. The molecule has 1 fully saturated rings. The minimum atomic E-state index is -1.42. The lowest BCUT2D eigenvalue weighted by molar-refractivity contribution is -0.176. The first-order chi connectivity index (χ1) is 13.4. The van der Waals surface area contributed by atoms with E-state index in [0.29, 0.717) is 0 Å². The van der Waals surface area contributed by atoms with Gasteiger partial charge in [-0.05, 0) is 32.8 Å². The number of hydrogen-bond acceptors (Lipinski definition) is 5. The first-order valence-corrected chi connectivity index (χ1v) is 9.25. The molecule has 2 amide bonds. The smallest absolute Gasteiger partial charge is 0.408 e. The lowest BCUT2D eigenvalue weighted by Crippen LogP contribution is -2.69. The Labute approximate surface area is 168 Å². The number of carbonyl (C=O) groups excluding carboxylic acids is 2. The van der Waals surface area contributed by atoms with E-state index < -0.39 is 35.2 Å². The number of nitrogens with zero attached hydrogens (tertiary/aromatic N) is 1. The van der Waals surface area contributed by atoms with Gasteiger partial charge in [0.15, 0.2) is 5.54 Å². The number of amides is 2. The fourth-order valence-electron chi connectivity index (χ4n) is 3.25. The van der Waals surface area contributed by atoms with Crippen molar-refractivity contribution in [3.05, 3.63) is 35.9 Å². The zero-order valence-corrected chi connectivity index (χ0v) is 16.7. The van der Waals surface area contributed by atoms with Crippen LogP contribution in [0.3, 0.4) is 0 Å². The molecule has 2 rings (SSSR count). The Bertz CT molecular complexity index is 788. The average Bonchev–Trinajstić information content (AvgIpc) is 2.59. The van der Waals surface area contributed by atoms with Crippen LogP contribution in [-0.4, -0.2) is 62.8 Å². The van der Waals surface area contributed by atoms with Crippen LogP contribution in [0.2, 0.25) is 0 Å². The number of β-lactam (4-membered cyclic amide) rings is 1. The predicted molar refractivity (Wildman–Crippen MR) is 102 cm³/mol. The molecule has 0 aliphatic carbocycles. The van der Waals surface area contributed by atoms with Crippen molar-refractivity contribution in [3.8, 4) is 0 Å².